The number of nitrogens with zero attached hydrogens (tertiary/aromatic N) is 2. The van der Waals surface area contributed by atoms with E-state index >= 15 is 0 Å². The Morgan fingerprint density at radius 3 is 3.00 bits per heavy atom. The Bertz CT molecular complexity index is 402. The second kappa shape index (κ2) is 4.67. The second-order valence-electron chi connectivity index (χ2n) is 4.22. The smallest absolute Gasteiger partial charge is 0.186 e. The summed E-state index contributed by atoms with van der Waals surface area (Å²) in [6.45, 7) is 2.68. The molecule has 0 amide bonds. The van der Waals surface area contributed by atoms with Gasteiger partial charge in [-0.3, -0.25) is 9.48 Å². The number of ketones is 1. The number of hydrogen-bond donors (Lipinski definition) is 1. The van der Waals surface area contributed by atoms with Crippen molar-refractivity contribution in [3.05, 3.63) is 16.4 Å². The molecule has 1 saturated carbocycles. The largest absolute Gasteiger partial charge is 0.327 e. The van der Waals surface area contributed by atoms with Crippen LogP contribution in [0.4, 0.5) is 0 Å². The van der Waals surface area contributed by atoms with Crippen LogP contribution in [0.5, 0.6) is 0 Å². The minimum atomic E-state index is -0.0294. The molecule has 0 aliphatic heterocycles. The minimum Gasteiger partial charge on any atom is -0.327 e. The lowest BCUT2D eigenvalue weighted by Gasteiger charge is -2.14. The predicted molar refractivity (Wildman–Crippen MR) is 65.2 cm³/mol. The van der Waals surface area contributed by atoms with Gasteiger partial charge >= 0.3 is 0 Å². The van der Waals surface area contributed by atoms with Crippen molar-refractivity contribution in [3.63, 3.8) is 0 Å². The zero-order valence-electron chi connectivity index (χ0n) is 9.32. The van der Waals surface area contributed by atoms with Crippen molar-refractivity contribution in [1.29, 1.82) is 0 Å². The Morgan fingerprint density at radius 1 is 1.69 bits per heavy atom. The molecule has 1 aliphatic carbocycles. The van der Waals surface area contributed by atoms with Crippen LogP contribution in [0.25, 0.3) is 0 Å². The Kier molecular flexibility index (Phi) is 3.44. The summed E-state index contributed by atoms with van der Waals surface area (Å²) in [4.78, 5) is 12.3. The van der Waals surface area contributed by atoms with E-state index in [9.17, 15) is 4.79 Å². The van der Waals surface area contributed by atoms with E-state index in [2.05, 4.69) is 21.0 Å². The number of hydrogen-bond acceptors (Lipinski definition) is 3. The Labute approximate surface area is 103 Å². The van der Waals surface area contributed by atoms with Gasteiger partial charge in [0, 0.05) is 18.5 Å². The summed E-state index contributed by atoms with van der Waals surface area (Å²) in [5.74, 6) is 0.106. The summed E-state index contributed by atoms with van der Waals surface area (Å²) >= 11 is 3.38. The number of carbonyl (C=O) groups is 1. The van der Waals surface area contributed by atoms with E-state index < -0.39 is 0 Å². The zero-order valence-corrected chi connectivity index (χ0v) is 10.9. The summed E-state index contributed by atoms with van der Waals surface area (Å²) < 4.78 is 2.51. The molecule has 1 heterocycles. The maximum atomic E-state index is 12.3. The fourth-order valence-corrected chi connectivity index (χ4v) is 2.83. The molecule has 0 aromatic carbocycles. The molecule has 4 nitrogen and oxygen atoms in total. The van der Waals surface area contributed by atoms with Crippen molar-refractivity contribution < 1.29 is 4.79 Å². The van der Waals surface area contributed by atoms with Crippen LogP contribution in [-0.4, -0.2) is 21.6 Å². The van der Waals surface area contributed by atoms with Crippen LogP contribution >= 0.6 is 15.9 Å². The van der Waals surface area contributed by atoms with Crippen LogP contribution in [0.1, 0.15) is 36.7 Å². The molecule has 0 radical (unpaired) electrons. The summed E-state index contributed by atoms with van der Waals surface area (Å²) in [5.41, 5.74) is 6.63. The first kappa shape index (κ1) is 11.8. The van der Waals surface area contributed by atoms with Gasteiger partial charge in [-0.05, 0) is 35.7 Å². The van der Waals surface area contributed by atoms with E-state index in [0.717, 1.165) is 23.7 Å². The van der Waals surface area contributed by atoms with E-state index in [1.165, 1.54) is 0 Å². The molecular formula is C11H16BrN3O. The molecule has 1 aromatic rings. The van der Waals surface area contributed by atoms with E-state index in [1.54, 1.807) is 10.9 Å². The minimum absolute atomic E-state index is 0.0135. The summed E-state index contributed by atoms with van der Waals surface area (Å²) in [6, 6.07) is 0.0135. The molecule has 0 saturated heterocycles. The van der Waals surface area contributed by atoms with Crippen LogP contribution in [0, 0.1) is 5.92 Å². The third-order valence-corrected chi connectivity index (χ3v) is 3.81. The van der Waals surface area contributed by atoms with Gasteiger partial charge in [0.05, 0.1) is 10.7 Å². The van der Waals surface area contributed by atoms with Gasteiger partial charge in [0.1, 0.15) is 5.69 Å². The Hall–Kier alpha value is -0.680. The highest BCUT2D eigenvalue weighted by molar-refractivity contribution is 9.10. The van der Waals surface area contributed by atoms with E-state index in [0.29, 0.717) is 12.2 Å². The molecule has 2 rings (SSSR count). The third-order valence-electron chi connectivity index (χ3n) is 3.23. The number of carbonyl (C=O) groups excluding carboxylic acids is 1. The molecular weight excluding hydrogens is 270 g/mol. The lowest BCUT2D eigenvalue weighted by Crippen LogP contribution is -2.32. The van der Waals surface area contributed by atoms with Crippen molar-refractivity contribution in [2.75, 3.05) is 0 Å². The molecule has 0 spiro atoms. The van der Waals surface area contributed by atoms with Gasteiger partial charge in [0.15, 0.2) is 5.78 Å². The average molecular weight is 286 g/mol. The van der Waals surface area contributed by atoms with Crippen LogP contribution in [-0.2, 0) is 6.54 Å². The van der Waals surface area contributed by atoms with Crippen molar-refractivity contribution >= 4 is 21.7 Å². The maximum Gasteiger partial charge on any atom is 0.186 e. The van der Waals surface area contributed by atoms with Gasteiger partial charge in [0.2, 0.25) is 0 Å². The molecule has 1 aliphatic rings. The molecule has 1 fully saturated rings. The topological polar surface area (TPSA) is 60.9 Å². The van der Waals surface area contributed by atoms with Gasteiger partial charge in [-0.2, -0.15) is 5.10 Å². The highest BCUT2D eigenvalue weighted by Crippen LogP contribution is 2.29. The number of Topliss-reactive ketones (excluding diaryl/α,β-unsaturated/α-hetero) is 1. The van der Waals surface area contributed by atoms with Gasteiger partial charge in [-0.15, -0.1) is 0 Å². The number of aromatic nitrogens is 2. The van der Waals surface area contributed by atoms with Gasteiger partial charge in [0.25, 0.3) is 0 Å². The first-order chi connectivity index (χ1) is 7.65. The molecule has 0 bridgehead atoms. The monoisotopic (exact) mass is 285 g/mol. The van der Waals surface area contributed by atoms with E-state index in [-0.39, 0.29) is 17.7 Å². The van der Waals surface area contributed by atoms with Crippen molar-refractivity contribution in [3.8, 4) is 0 Å². The first-order valence-corrected chi connectivity index (χ1v) is 6.45. The van der Waals surface area contributed by atoms with Crippen LogP contribution in [0.3, 0.4) is 0 Å². The quantitative estimate of drug-likeness (QED) is 0.864. The second-order valence-corrected chi connectivity index (χ2v) is 5.08. The highest BCUT2D eigenvalue weighted by Gasteiger charge is 2.33. The average Bonchev–Trinajstić information content (AvgIpc) is 2.83. The molecule has 2 N–H and O–H groups in total. The Balaban J connectivity index is 2.29. The van der Waals surface area contributed by atoms with E-state index in [4.69, 9.17) is 5.73 Å². The van der Waals surface area contributed by atoms with Crippen molar-refractivity contribution in [2.45, 2.75) is 38.8 Å². The van der Waals surface area contributed by atoms with Crippen LogP contribution < -0.4 is 5.73 Å². The lowest BCUT2D eigenvalue weighted by molar-refractivity contribution is 0.0901. The van der Waals surface area contributed by atoms with Gasteiger partial charge in [-0.25, -0.2) is 0 Å². The summed E-state index contributed by atoms with van der Waals surface area (Å²) in [7, 11) is 0. The van der Waals surface area contributed by atoms with Gasteiger partial charge < -0.3 is 5.73 Å². The fourth-order valence-electron chi connectivity index (χ4n) is 2.34. The highest BCUT2D eigenvalue weighted by atomic mass is 79.9. The van der Waals surface area contributed by atoms with E-state index in [1.807, 2.05) is 6.92 Å². The summed E-state index contributed by atoms with van der Waals surface area (Å²) in [6.07, 6.45) is 4.59. The Morgan fingerprint density at radius 2 is 2.44 bits per heavy atom. The number of halogens is 1. The molecule has 16 heavy (non-hydrogen) atoms. The van der Waals surface area contributed by atoms with Crippen molar-refractivity contribution in [2.24, 2.45) is 11.7 Å². The standard InChI is InChI=1S/C11H16BrN3O/c1-2-15-10(8(12)6-14-15)11(16)7-4-3-5-9(7)13/h6-7,9H,2-5,13H2,1H3. The molecule has 88 valence electrons. The predicted octanol–water partition coefficient (Wildman–Crippen LogP) is 1.98. The normalized spacial score (nSPS) is 24.9. The lowest BCUT2D eigenvalue weighted by atomic mass is 9.96. The molecule has 2 unspecified atom stereocenters. The first-order valence-electron chi connectivity index (χ1n) is 5.66. The molecule has 5 heteroatoms. The molecule has 1 aromatic heterocycles. The number of aryl methyl sites for hydroxylation is 1. The zero-order chi connectivity index (χ0) is 11.7. The number of nitrogens with two attached hydrogens (primary N) is 1. The summed E-state index contributed by atoms with van der Waals surface area (Å²) in [5, 5.41) is 4.16. The SMILES string of the molecule is CCn1ncc(Br)c1C(=O)C1CCCC1N. The fraction of sp³-hybridized carbons (Fsp3) is 0.636. The van der Waals surface area contributed by atoms with Crippen LogP contribution in [0.2, 0.25) is 0 Å². The van der Waals surface area contributed by atoms with Gasteiger partial charge in [-0.1, -0.05) is 6.42 Å². The maximum absolute atomic E-state index is 12.3. The number of rotatable bonds is 3. The van der Waals surface area contributed by atoms with Crippen LogP contribution in [0.15, 0.2) is 10.7 Å². The van der Waals surface area contributed by atoms with Crippen molar-refractivity contribution in [1.82, 2.24) is 9.78 Å². The third kappa shape index (κ3) is 1.94. The molecule has 2 atom stereocenters.